The molecule has 1 saturated heterocycles. The molecule has 0 bridgehead atoms. The Balaban J connectivity index is 1.28. The second-order valence-corrected chi connectivity index (χ2v) is 14.2. The van der Waals surface area contributed by atoms with Crippen LogP contribution in [0.25, 0.3) is 0 Å². The van der Waals surface area contributed by atoms with Crippen LogP contribution in [0.2, 0.25) is 0 Å². The molecule has 240 valence electrons. The number of aliphatic hydroxyl groups excluding tert-OH is 1. The van der Waals surface area contributed by atoms with Gasteiger partial charge in [0, 0.05) is 47.5 Å². The highest BCUT2D eigenvalue weighted by molar-refractivity contribution is 6.17. The third-order valence-corrected chi connectivity index (χ3v) is 9.58. The summed E-state index contributed by atoms with van der Waals surface area (Å²) < 4.78 is 22.2. The Bertz CT molecular complexity index is 1500. The van der Waals surface area contributed by atoms with Gasteiger partial charge in [0.05, 0.1) is 30.7 Å². The molecule has 0 unspecified atom stereocenters. The van der Waals surface area contributed by atoms with Gasteiger partial charge in [0.1, 0.15) is 18.0 Å². The van der Waals surface area contributed by atoms with Crippen LogP contribution in [0, 0.1) is 0 Å². The molecule has 2 aliphatic heterocycles. The fourth-order valence-corrected chi connectivity index (χ4v) is 6.35. The minimum Gasteiger partial charge on any atom is -0.486 e. The highest BCUT2D eigenvalue weighted by atomic mass is 28.1. The molecule has 0 radical (unpaired) electrons. The van der Waals surface area contributed by atoms with Crippen LogP contribution in [0.15, 0.2) is 59.5 Å². The standard InChI is InChI=1S/C32H40N4O8Si/c1-31(2,3)44-30(40)36-18-24-14-25(42-19-26-16-33-20-43-26)9-8-23(24)15-32(36,45)27(37)17-34-28(38)21-4-6-22(7-5-21)29(39)35-10-12-41-13-11-35/h4-9,14,16,20,27,37H,10-13,15,17-19H2,1-3,45H3,(H,34,38)/t27-,32+/m1/s1. The molecule has 12 nitrogen and oxygen atoms in total. The van der Waals surface area contributed by atoms with Crippen LogP contribution in [0.3, 0.4) is 0 Å². The molecule has 3 heterocycles. The molecule has 0 spiro atoms. The molecule has 0 saturated carbocycles. The normalized spacial score (nSPS) is 19.0. The first-order chi connectivity index (χ1) is 21.4. The lowest BCUT2D eigenvalue weighted by molar-refractivity contribution is -0.0251. The molecule has 5 rings (SSSR count). The van der Waals surface area contributed by atoms with Crippen LogP contribution < -0.4 is 10.1 Å². The fourth-order valence-electron chi connectivity index (χ4n) is 5.42. The zero-order valence-electron chi connectivity index (χ0n) is 26.1. The van der Waals surface area contributed by atoms with E-state index in [-0.39, 0.29) is 25.6 Å². The van der Waals surface area contributed by atoms with Crippen molar-refractivity contribution in [3.8, 4) is 5.75 Å². The van der Waals surface area contributed by atoms with Crippen molar-refractivity contribution in [3.05, 3.63) is 83.1 Å². The maximum absolute atomic E-state index is 13.5. The Hall–Kier alpha value is -4.20. The van der Waals surface area contributed by atoms with Crippen molar-refractivity contribution in [1.82, 2.24) is 20.1 Å². The molecule has 3 aromatic rings. The van der Waals surface area contributed by atoms with Crippen molar-refractivity contribution < 1.29 is 38.1 Å². The largest absolute Gasteiger partial charge is 0.486 e. The van der Waals surface area contributed by atoms with Gasteiger partial charge >= 0.3 is 6.09 Å². The van der Waals surface area contributed by atoms with Crippen LogP contribution in [-0.2, 0) is 29.0 Å². The maximum Gasteiger partial charge on any atom is 0.410 e. The van der Waals surface area contributed by atoms with Gasteiger partial charge < -0.3 is 34.0 Å². The van der Waals surface area contributed by atoms with Crippen LogP contribution in [0.4, 0.5) is 4.79 Å². The molecule has 2 N–H and O–H groups in total. The van der Waals surface area contributed by atoms with Crippen molar-refractivity contribution in [3.63, 3.8) is 0 Å². The number of hydrogen-bond donors (Lipinski definition) is 2. The smallest absolute Gasteiger partial charge is 0.410 e. The molecule has 0 aliphatic carbocycles. The molecule has 3 amide bonds. The fraction of sp³-hybridized carbons (Fsp3) is 0.438. The molecule has 13 heteroatoms. The minimum atomic E-state index is -1.07. The number of nitrogens with zero attached hydrogens (tertiary/aromatic N) is 3. The van der Waals surface area contributed by atoms with Crippen molar-refractivity contribution >= 4 is 28.2 Å². The van der Waals surface area contributed by atoms with Gasteiger partial charge in [0.2, 0.25) is 0 Å². The predicted molar refractivity (Wildman–Crippen MR) is 167 cm³/mol. The van der Waals surface area contributed by atoms with Crippen molar-refractivity contribution in [2.45, 2.75) is 57.2 Å². The number of benzene rings is 2. The summed E-state index contributed by atoms with van der Waals surface area (Å²) in [7, 11) is 0.393. The average molecular weight is 637 g/mol. The van der Waals surface area contributed by atoms with Crippen LogP contribution >= 0.6 is 0 Å². The van der Waals surface area contributed by atoms with Gasteiger partial charge in [-0.15, -0.1) is 0 Å². The second kappa shape index (κ2) is 13.4. The number of carbonyl (C=O) groups is 3. The van der Waals surface area contributed by atoms with E-state index in [4.69, 9.17) is 18.6 Å². The Kier molecular flexibility index (Phi) is 9.61. The molecule has 2 aliphatic rings. The highest BCUT2D eigenvalue weighted by Gasteiger charge is 2.46. The molecule has 2 atom stereocenters. The third-order valence-electron chi connectivity index (χ3n) is 8.02. The van der Waals surface area contributed by atoms with Gasteiger partial charge in [0.25, 0.3) is 11.8 Å². The molecular weight excluding hydrogens is 596 g/mol. The molecular formula is C32H40N4O8Si. The summed E-state index contributed by atoms with van der Waals surface area (Å²) in [4.78, 5) is 46.5. The van der Waals surface area contributed by atoms with Crippen LogP contribution in [-0.4, -0.2) is 97.8 Å². The number of morpholine rings is 1. The number of ether oxygens (including phenoxy) is 3. The number of hydrogen-bond acceptors (Lipinski definition) is 9. The van der Waals surface area contributed by atoms with E-state index in [9.17, 15) is 19.5 Å². The van der Waals surface area contributed by atoms with Crippen molar-refractivity contribution in [2.24, 2.45) is 0 Å². The van der Waals surface area contributed by atoms with Gasteiger partial charge in [-0.25, -0.2) is 9.78 Å². The quantitative estimate of drug-likeness (QED) is 0.354. The lowest BCUT2D eigenvalue weighted by atomic mass is 9.90. The summed E-state index contributed by atoms with van der Waals surface area (Å²) >= 11 is 0. The highest BCUT2D eigenvalue weighted by Crippen LogP contribution is 2.35. The average Bonchev–Trinajstić information content (AvgIpc) is 3.55. The van der Waals surface area contributed by atoms with E-state index in [1.54, 1.807) is 61.0 Å². The number of amides is 3. The zero-order valence-corrected chi connectivity index (χ0v) is 28.1. The van der Waals surface area contributed by atoms with Gasteiger partial charge in [-0.2, -0.15) is 0 Å². The van der Waals surface area contributed by atoms with Crippen LogP contribution in [0.5, 0.6) is 5.75 Å². The topological polar surface area (TPSA) is 144 Å². The number of fused-ring (bicyclic) bond motifs is 1. The lowest BCUT2D eigenvalue weighted by Crippen LogP contribution is -2.65. The number of oxazole rings is 1. The Morgan fingerprint density at radius 2 is 1.80 bits per heavy atom. The third kappa shape index (κ3) is 7.72. The van der Waals surface area contributed by atoms with Gasteiger partial charge in [0.15, 0.2) is 12.2 Å². The first-order valence-corrected chi connectivity index (χ1v) is 16.0. The summed E-state index contributed by atoms with van der Waals surface area (Å²) in [5, 5.41) is 13.4. The maximum atomic E-state index is 13.5. The van der Waals surface area contributed by atoms with Gasteiger partial charge in [-0.3, -0.25) is 14.5 Å². The van der Waals surface area contributed by atoms with Gasteiger partial charge in [-0.05, 0) is 74.7 Å². The Morgan fingerprint density at radius 1 is 1.09 bits per heavy atom. The van der Waals surface area contributed by atoms with E-state index >= 15 is 0 Å². The summed E-state index contributed by atoms with van der Waals surface area (Å²) in [5.41, 5.74) is 1.97. The zero-order chi connectivity index (χ0) is 32.2. The minimum absolute atomic E-state index is 0.0796. The number of rotatable bonds is 8. The lowest BCUT2D eigenvalue weighted by Gasteiger charge is -2.48. The number of aliphatic hydroxyl groups is 1. The van der Waals surface area contributed by atoms with Crippen molar-refractivity contribution in [1.29, 1.82) is 0 Å². The molecule has 45 heavy (non-hydrogen) atoms. The van der Waals surface area contributed by atoms with Crippen molar-refractivity contribution in [2.75, 3.05) is 32.8 Å². The van der Waals surface area contributed by atoms with E-state index in [2.05, 4.69) is 10.3 Å². The summed E-state index contributed by atoms with van der Waals surface area (Å²) in [5.74, 6) is 0.704. The SMILES string of the molecule is CC(C)(C)OC(=O)N1Cc2cc(OCc3cnco3)ccc2C[C@]1([SiH3])[C@H](O)CNC(=O)c1ccc(C(=O)N2CCOCC2)cc1. The summed E-state index contributed by atoms with van der Waals surface area (Å²) in [6.07, 6.45) is 1.70. The van der Waals surface area contributed by atoms with Crippen LogP contribution in [0.1, 0.15) is 58.4 Å². The molecule has 2 aromatic carbocycles. The van der Waals surface area contributed by atoms with E-state index in [1.807, 2.05) is 18.2 Å². The van der Waals surface area contributed by atoms with E-state index in [1.165, 1.54) is 6.39 Å². The first kappa shape index (κ1) is 32.2. The van der Waals surface area contributed by atoms with E-state index in [0.717, 1.165) is 11.1 Å². The van der Waals surface area contributed by atoms with E-state index < -0.39 is 28.9 Å². The Labute approximate surface area is 265 Å². The molecule has 1 aromatic heterocycles. The molecule has 1 fully saturated rings. The summed E-state index contributed by atoms with van der Waals surface area (Å²) in [6.45, 7) is 7.80. The Morgan fingerprint density at radius 3 is 2.47 bits per heavy atom. The summed E-state index contributed by atoms with van der Waals surface area (Å²) in [6, 6.07) is 12.1. The number of aromatic nitrogens is 1. The predicted octanol–water partition coefficient (Wildman–Crippen LogP) is 1.87. The van der Waals surface area contributed by atoms with Gasteiger partial charge in [-0.1, -0.05) is 6.07 Å². The monoisotopic (exact) mass is 636 g/mol. The number of nitrogens with one attached hydrogen (secondary N) is 1. The second-order valence-electron chi connectivity index (χ2n) is 12.5. The number of carbonyl (C=O) groups excluding carboxylic acids is 3. The van der Waals surface area contributed by atoms with E-state index in [0.29, 0.717) is 65.6 Å². The first-order valence-electron chi connectivity index (χ1n) is 15.0.